The van der Waals surface area contributed by atoms with Crippen molar-refractivity contribution in [2.75, 3.05) is 19.6 Å². The predicted molar refractivity (Wildman–Crippen MR) is 68.4 cm³/mol. The van der Waals surface area contributed by atoms with Crippen LogP contribution in [0.25, 0.3) is 0 Å². The van der Waals surface area contributed by atoms with Gasteiger partial charge in [-0.05, 0) is 38.4 Å². The minimum atomic E-state index is 0.672. The summed E-state index contributed by atoms with van der Waals surface area (Å²) in [6, 6.07) is 11.3. The summed E-state index contributed by atoms with van der Waals surface area (Å²) < 4.78 is 0. The maximum Gasteiger partial charge on any atom is 0.0206 e. The van der Waals surface area contributed by atoms with Crippen molar-refractivity contribution in [3.05, 3.63) is 35.9 Å². The molecule has 0 bridgehead atoms. The number of benzene rings is 1. The molecule has 1 fully saturated rings. The molecule has 1 saturated heterocycles. The van der Waals surface area contributed by atoms with Crippen LogP contribution in [0, 0.1) is 0 Å². The Hall–Kier alpha value is -0.860. The molecule has 0 saturated carbocycles. The van der Waals surface area contributed by atoms with Crippen molar-refractivity contribution in [2.45, 2.75) is 32.4 Å². The molecule has 1 atom stereocenters. The summed E-state index contributed by atoms with van der Waals surface area (Å²) in [6.07, 6.45) is 2.76. The van der Waals surface area contributed by atoms with E-state index in [-0.39, 0.29) is 0 Å². The first kappa shape index (κ1) is 11.6. The Bertz CT molecular complexity index is 291. The Balaban J connectivity index is 1.67. The van der Waals surface area contributed by atoms with E-state index in [1.54, 1.807) is 0 Å². The van der Waals surface area contributed by atoms with E-state index in [1.165, 1.54) is 31.5 Å². The van der Waals surface area contributed by atoms with Crippen LogP contribution in [0.3, 0.4) is 0 Å². The molecule has 1 aromatic carbocycles. The van der Waals surface area contributed by atoms with Gasteiger partial charge in [-0.25, -0.2) is 0 Å². The maximum absolute atomic E-state index is 3.54. The monoisotopic (exact) mass is 218 g/mol. The largest absolute Gasteiger partial charge is 0.311 e. The molecule has 16 heavy (non-hydrogen) atoms. The van der Waals surface area contributed by atoms with Crippen molar-refractivity contribution >= 4 is 0 Å². The van der Waals surface area contributed by atoms with Crippen LogP contribution in [0.1, 0.15) is 25.3 Å². The second-order valence-electron chi connectivity index (χ2n) is 4.71. The highest BCUT2D eigenvalue weighted by atomic mass is 15.2. The third kappa shape index (κ3) is 3.32. The number of hydrogen-bond donors (Lipinski definition) is 1. The molecule has 0 spiro atoms. The van der Waals surface area contributed by atoms with Crippen LogP contribution in [0.5, 0.6) is 0 Å². The number of hydrogen-bond acceptors (Lipinski definition) is 2. The van der Waals surface area contributed by atoms with Gasteiger partial charge in [-0.3, -0.25) is 4.90 Å². The van der Waals surface area contributed by atoms with Gasteiger partial charge in [0.1, 0.15) is 0 Å². The van der Waals surface area contributed by atoms with Crippen LogP contribution in [-0.2, 0) is 6.54 Å². The molecule has 0 aromatic heterocycles. The van der Waals surface area contributed by atoms with E-state index in [4.69, 9.17) is 0 Å². The van der Waals surface area contributed by atoms with E-state index in [0.717, 1.165) is 13.1 Å². The van der Waals surface area contributed by atoms with Crippen LogP contribution < -0.4 is 5.32 Å². The summed E-state index contributed by atoms with van der Waals surface area (Å²) in [6.45, 7) is 6.97. The van der Waals surface area contributed by atoms with Gasteiger partial charge < -0.3 is 5.32 Å². The van der Waals surface area contributed by atoms with Gasteiger partial charge in [0.05, 0.1) is 0 Å². The number of likely N-dealkylation sites (tertiary alicyclic amines) is 1. The van der Waals surface area contributed by atoms with E-state index in [1.807, 2.05) is 0 Å². The number of nitrogens with one attached hydrogen (secondary N) is 1. The van der Waals surface area contributed by atoms with Crippen molar-refractivity contribution in [1.82, 2.24) is 10.2 Å². The summed E-state index contributed by atoms with van der Waals surface area (Å²) in [5.41, 5.74) is 1.37. The van der Waals surface area contributed by atoms with E-state index >= 15 is 0 Å². The molecule has 1 heterocycles. The highest BCUT2D eigenvalue weighted by Gasteiger charge is 2.16. The van der Waals surface area contributed by atoms with E-state index < -0.39 is 0 Å². The Morgan fingerprint density at radius 1 is 1.19 bits per heavy atom. The number of nitrogens with zero attached hydrogens (tertiary/aromatic N) is 1. The normalized spacial score (nSPS) is 18.8. The average Bonchev–Trinajstić information content (AvgIpc) is 2.84. The molecule has 2 nitrogen and oxygen atoms in total. The van der Waals surface area contributed by atoms with Gasteiger partial charge in [0.25, 0.3) is 0 Å². The summed E-state index contributed by atoms with van der Waals surface area (Å²) in [5, 5.41) is 3.54. The Morgan fingerprint density at radius 3 is 2.56 bits per heavy atom. The highest BCUT2D eigenvalue weighted by Crippen LogP contribution is 2.10. The third-order valence-electron chi connectivity index (χ3n) is 3.38. The maximum atomic E-state index is 3.54. The lowest BCUT2D eigenvalue weighted by Crippen LogP contribution is -2.38. The second kappa shape index (κ2) is 6.02. The summed E-state index contributed by atoms with van der Waals surface area (Å²) in [5.74, 6) is 0. The summed E-state index contributed by atoms with van der Waals surface area (Å²) in [7, 11) is 0. The highest BCUT2D eigenvalue weighted by molar-refractivity contribution is 5.14. The SMILES string of the molecule is C[C@H](CNCc1ccccc1)N1CCCC1. The first-order chi connectivity index (χ1) is 7.86. The molecule has 2 rings (SSSR count). The molecule has 1 aliphatic rings. The fraction of sp³-hybridized carbons (Fsp3) is 0.571. The zero-order valence-electron chi connectivity index (χ0n) is 10.2. The quantitative estimate of drug-likeness (QED) is 0.815. The Labute approximate surface area is 98.7 Å². The van der Waals surface area contributed by atoms with Crippen LogP contribution in [0.15, 0.2) is 30.3 Å². The fourth-order valence-corrected chi connectivity index (χ4v) is 2.33. The number of rotatable bonds is 5. The van der Waals surface area contributed by atoms with E-state index in [9.17, 15) is 0 Å². The molecule has 0 unspecified atom stereocenters. The smallest absolute Gasteiger partial charge is 0.0206 e. The molecule has 0 amide bonds. The van der Waals surface area contributed by atoms with Crippen LogP contribution in [0.4, 0.5) is 0 Å². The predicted octanol–water partition coefficient (Wildman–Crippen LogP) is 2.26. The van der Waals surface area contributed by atoms with Gasteiger partial charge in [0.2, 0.25) is 0 Å². The molecule has 2 heteroatoms. The Morgan fingerprint density at radius 2 is 1.88 bits per heavy atom. The van der Waals surface area contributed by atoms with Crippen molar-refractivity contribution in [1.29, 1.82) is 0 Å². The van der Waals surface area contributed by atoms with Crippen molar-refractivity contribution in [3.63, 3.8) is 0 Å². The molecule has 1 N–H and O–H groups in total. The van der Waals surface area contributed by atoms with E-state index in [2.05, 4.69) is 47.5 Å². The third-order valence-corrected chi connectivity index (χ3v) is 3.38. The van der Waals surface area contributed by atoms with Crippen LogP contribution in [-0.4, -0.2) is 30.6 Å². The van der Waals surface area contributed by atoms with Crippen molar-refractivity contribution in [3.8, 4) is 0 Å². The van der Waals surface area contributed by atoms with Gasteiger partial charge in [-0.15, -0.1) is 0 Å². The van der Waals surface area contributed by atoms with Crippen molar-refractivity contribution < 1.29 is 0 Å². The molecule has 1 aliphatic heterocycles. The molecular weight excluding hydrogens is 196 g/mol. The zero-order valence-corrected chi connectivity index (χ0v) is 10.2. The van der Waals surface area contributed by atoms with Gasteiger partial charge in [-0.1, -0.05) is 30.3 Å². The standard InChI is InChI=1S/C14H22N2/c1-13(16-9-5-6-10-16)11-15-12-14-7-3-2-4-8-14/h2-4,7-8,13,15H,5-6,9-12H2,1H3/t13-/m1/s1. The van der Waals surface area contributed by atoms with Crippen LogP contribution >= 0.6 is 0 Å². The first-order valence-corrected chi connectivity index (χ1v) is 6.35. The fourth-order valence-electron chi connectivity index (χ4n) is 2.33. The topological polar surface area (TPSA) is 15.3 Å². The van der Waals surface area contributed by atoms with Gasteiger partial charge in [-0.2, -0.15) is 0 Å². The zero-order chi connectivity index (χ0) is 11.2. The lowest BCUT2D eigenvalue weighted by atomic mass is 10.2. The minimum Gasteiger partial charge on any atom is -0.311 e. The molecular formula is C14H22N2. The van der Waals surface area contributed by atoms with Crippen LogP contribution in [0.2, 0.25) is 0 Å². The van der Waals surface area contributed by atoms with Crippen molar-refractivity contribution in [2.24, 2.45) is 0 Å². The molecule has 88 valence electrons. The lowest BCUT2D eigenvalue weighted by molar-refractivity contribution is 0.251. The first-order valence-electron chi connectivity index (χ1n) is 6.35. The molecule has 0 radical (unpaired) electrons. The van der Waals surface area contributed by atoms with E-state index in [0.29, 0.717) is 6.04 Å². The lowest BCUT2D eigenvalue weighted by Gasteiger charge is -2.23. The average molecular weight is 218 g/mol. The van der Waals surface area contributed by atoms with Gasteiger partial charge in [0.15, 0.2) is 0 Å². The minimum absolute atomic E-state index is 0.672. The molecule has 0 aliphatic carbocycles. The second-order valence-corrected chi connectivity index (χ2v) is 4.71. The summed E-state index contributed by atoms with van der Waals surface area (Å²) >= 11 is 0. The van der Waals surface area contributed by atoms with Gasteiger partial charge >= 0.3 is 0 Å². The van der Waals surface area contributed by atoms with Gasteiger partial charge in [0, 0.05) is 19.1 Å². The Kier molecular flexibility index (Phi) is 4.37. The molecule has 1 aromatic rings. The summed E-state index contributed by atoms with van der Waals surface area (Å²) in [4.78, 5) is 2.58.